The maximum absolute atomic E-state index is 3.81. The van der Waals surface area contributed by atoms with Gasteiger partial charge in [0.2, 0.25) is 0 Å². The number of likely N-dealkylation sites (N-methyl/N-ethyl adjacent to an activating group) is 1. The molecule has 2 unspecified atom stereocenters. The van der Waals surface area contributed by atoms with Crippen LogP contribution < -0.4 is 5.32 Å². The molecule has 0 spiro atoms. The summed E-state index contributed by atoms with van der Waals surface area (Å²) in [6.07, 6.45) is 5.65. The van der Waals surface area contributed by atoms with E-state index in [1.807, 2.05) is 0 Å². The quantitative estimate of drug-likeness (QED) is 0.772. The second-order valence-corrected chi connectivity index (χ2v) is 6.70. The van der Waals surface area contributed by atoms with E-state index in [9.17, 15) is 0 Å². The number of hydrogen-bond acceptors (Lipinski definition) is 2. The molecule has 0 amide bonds. The Labute approximate surface area is 101 Å². The van der Waals surface area contributed by atoms with E-state index in [0.717, 1.165) is 18.0 Å². The molecule has 1 saturated heterocycles. The number of nitrogens with zero attached hydrogens (tertiary/aromatic N) is 1. The average molecular weight is 224 g/mol. The number of likely N-dealkylation sites (tertiary alicyclic amines) is 1. The van der Waals surface area contributed by atoms with Gasteiger partial charge in [-0.05, 0) is 51.0 Å². The highest BCUT2D eigenvalue weighted by Gasteiger charge is 2.43. The minimum atomic E-state index is 0.679. The van der Waals surface area contributed by atoms with Crippen LogP contribution in [0.25, 0.3) is 0 Å². The third-order valence-electron chi connectivity index (χ3n) is 4.45. The van der Waals surface area contributed by atoms with Crippen molar-refractivity contribution in [2.75, 3.05) is 20.1 Å². The highest BCUT2D eigenvalue weighted by Crippen LogP contribution is 2.50. The summed E-state index contributed by atoms with van der Waals surface area (Å²) in [6.45, 7) is 9.54. The molecule has 2 aliphatic rings. The predicted octanol–water partition coefficient (Wildman–Crippen LogP) is 2.49. The van der Waals surface area contributed by atoms with E-state index in [2.05, 4.69) is 38.0 Å². The second kappa shape index (κ2) is 4.66. The minimum absolute atomic E-state index is 0.679. The van der Waals surface area contributed by atoms with Crippen LogP contribution in [0.3, 0.4) is 0 Å². The zero-order valence-corrected chi connectivity index (χ0v) is 11.4. The summed E-state index contributed by atoms with van der Waals surface area (Å²) in [7, 11) is 2.24. The van der Waals surface area contributed by atoms with Crippen LogP contribution in [0.4, 0.5) is 0 Å². The molecule has 2 atom stereocenters. The maximum atomic E-state index is 3.81. The summed E-state index contributed by atoms with van der Waals surface area (Å²) in [6, 6.07) is 1.50. The minimum Gasteiger partial charge on any atom is -0.312 e. The van der Waals surface area contributed by atoms with Gasteiger partial charge in [0.1, 0.15) is 0 Å². The van der Waals surface area contributed by atoms with Crippen LogP contribution in [-0.2, 0) is 0 Å². The Bertz CT molecular complexity index is 223. The molecule has 1 heterocycles. The van der Waals surface area contributed by atoms with Crippen LogP contribution >= 0.6 is 0 Å². The molecule has 2 nitrogen and oxygen atoms in total. The Balaban J connectivity index is 1.72. The van der Waals surface area contributed by atoms with Gasteiger partial charge in [0.15, 0.2) is 0 Å². The molecule has 0 aromatic carbocycles. The van der Waals surface area contributed by atoms with Crippen molar-refractivity contribution in [3.8, 4) is 0 Å². The lowest BCUT2D eigenvalue weighted by Crippen LogP contribution is -2.36. The maximum Gasteiger partial charge on any atom is 0.0210 e. The molecule has 2 heteroatoms. The van der Waals surface area contributed by atoms with E-state index >= 15 is 0 Å². The molecule has 0 radical (unpaired) electrons. The van der Waals surface area contributed by atoms with Gasteiger partial charge in [0.05, 0.1) is 0 Å². The van der Waals surface area contributed by atoms with Gasteiger partial charge in [0, 0.05) is 25.2 Å². The van der Waals surface area contributed by atoms with E-state index in [4.69, 9.17) is 0 Å². The monoisotopic (exact) mass is 224 g/mol. The van der Waals surface area contributed by atoms with Crippen LogP contribution in [0.1, 0.15) is 46.5 Å². The van der Waals surface area contributed by atoms with E-state index in [-0.39, 0.29) is 0 Å². The van der Waals surface area contributed by atoms with Crippen LogP contribution in [0.5, 0.6) is 0 Å². The standard InChI is InChI=1S/C14H28N2/c1-11(2)8-14(5-6-14)10-15-13-7-12(3)16(4)9-13/h11-13,15H,5-10H2,1-4H3. The zero-order chi connectivity index (χ0) is 11.8. The Hall–Kier alpha value is -0.0800. The third kappa shape index (κ3) is 2.98. The molecule has 0 aromatic heterocycles. The van der Waals surface area contributed by atoms with E-state index < -0.39 is 0 Å². The van der Waals surface area contributed by atoms with Crippen molar-refractivity contribution < 1.29 is 0 Å². The van der Waals surface area contributed by atoms with Gasteiger partial charge < -0.3 is 10.2 Å². The summed E-state index contributed by atoms with van der Waals surface area (Å²) in [5, 5.41) is 3.81. The zero-order valence-electron chi connectivity index (χ0n) is 11.4. The van der Waals surface area contributed by atoms with Gasteiger partial charge in [-0.3, -0.25) is 0 Å². The highest BCUT2D eigenvalue weighted by atomic mass is 15.2. The second-order valence-electron chi connectivity index (χ2n) is 6.70. The SMILES string of the molecule is CC(C)CC1(CNC2CC(C)N(C)C2)CC1. The molecular weight excluding hydrogens is 196 g/mol. The van der Waals surface area contributed by atoms with Crippen molar-refractivity contribution in [2.24, 2.45) is 11.3 Å². The fourth-order valence-electron chi connectivity index (χ4n) is 3.20. The van der Waals surface area contributed by atoms with Crippen molar-refractivity contribution in [3.63, 3.8) is 0 Å². The molecule has 0 aromatic rings. The van der Waals surface area contributed by atoms with Crippen LogP contribution in [0, 0.1) is 11.3 Å². The highest BCUT2D eigenvalue weighted by molar-refractivity contribution is 4.97. The van der Waals surface area contributed by atoms with Gasteiger partial charge in [-0.1, -0.05) is 13.8 Å². The lowest BCUT2D eigenvalue weighted by atomic mass is 9.94. The molecular formula is C14H28N2. The Kier molecular flexibility index (Phi) is 3.60. The molecule has 2 fully saturated rings. The smallest absolute Gasteiger partial charge is 0.0210 e. The van der Waals surface area contributed by atoms with Crippen molar-refractivity contribution in [3.05, 3.63) is 0 Å². The summed E-state index contributed by atoms with van der Waals surface area (Å²) in [4.78, 5) is 2.47. The largest absolute Gasteiger partial charge is 0.312 e. The Morgan fingerprint density at radius 2 is 2.06 bits per heavy atom. The molecule has 1 N–H and O–H groups in total. The molecule has 1 aliphatic carbocycles. The lowest BCUT2D eigenvalue weighted by molar-refractivity contribution is 0.319. The first-order chi connectivity index (χ1) is 7.51. The lowest BCUT2D eigenvalue weighted by Gasteiger charge is -2.21. The van der Waals surface area contributed by atoms with Crippen molar-refractivity contribution in [2.45, 2.75) is 58.5 Å². The summed E-state index contributed by atoms with van der Waals surface area (Å²) >= 11 is 0. The molecule has 16 heavy (non-hydrogen) atoms. The third-order valence-corrected chi connectivity index (χ3v) is 4.45. The average Bonchev–Trinajstić information content (AvgIpc) is 2.86. The topological polar surface area (TPSA) is 15.3 Å². The first kappa shape index (κ1) is 12.4. The van der Waals surface area contributed by atoms with Crippen LogP contribution in [-0.4, -0.2) is 37.1 Å². The van der Waals surface area contributed by atoms with Crippen molar-refractivity contribution >= 4 is 0 Å². The fraction of sp³-hybridized carbons (Fsp3) is 1.00. The molecule has 1 saturated carbocycles. The van der Waals surface area contributed by atoms with Gasteiger partial charge >= 0.3 is 0 Å². The predicted molar refractivity (Wildman–Crippen MR) is 69.6 cm³/mol. The van der Waals surface area contributed by atoms with Gasteiger partial charge in [-0.25, -0.2) is 0 Å². The van der Waals surface area contributed by atoms with Crippen LogP contribution in [0.2, 0.25) is 0 Å². The first-order valence-corrected chi connectivity index (χ1v) is 6.94. The number of nitrogens with one attached hydrogen (secondary N) is 1. The molecule has 2 rings (SSSR count). The fourth-order valence-corrected chi connectivity index (χ4v) is 3.20. The number of rotatable bonds is 5. The Morgan fingerprint density at radius 3 is 2.50 bits per heavy atom. The summed E-state index contributed by atoms with van der Waals surface area (Å²) in [5.74, 6) is 0.856. The normalized spacial score (nSPS) is 33.6. The summed E-state index contributed by atoms with van der Waals surface area (Å²) < 4.78 is 0. The van der Waals surface area contributed by atoms with Gasteiger partial charge in [-0.2, -0.15) is 0 Å². The molecule has 1 aliphatic heterocycles. The van der Waals surface area contributed by atoms with E-state index in [1.54, 1.807) is 0 Å². The molecule has 94 valence electrons. The van der Waals surface area contributed by atoms with E-state index in [0.29, 0.717) is 5.41 Å². The van der Waals surface area contributed by atoms with Crippen LogP contribution in [0.15, 0.2) is 0 Å². The van der Waals surface area contributed by atoms with Gasteiger partial charge in [-0.15, -0.1) is 0 Å². The van der Waals surface area contributed by atoms with E-state index in [1.165, 1.54) is 38.8 Å². The number of hydrogen-bond donors (Lipinski definition) is 1. The first-order valence-electron chi connectivity index (χ1n) is 6.94. The Morgan fingerprint density at radius 1 is 1.38 bits per heavy atom. The van der Waals surface area contributed by atoms with Crippen molar-refractivity contribution in [1.29, 1.82) is 0 Å². The summed E-state index contributed by atoms with van der Waals surface area (Å²) in [5.41, 5.74) is 0.679. The van der Waals surface area contributed by atoms with Gasteiger partial charge in [0.25, 0.3) is 0 Å². The molecule has 0 bridgehead atoms. The van der Waals surface area contributed by atoms with Crippen molar-refractivity contribution in [1.82, 2.24) is 10.2 Å².